The quantitative estimate of drug-likeness (QED) is 0.753. The van der Waals surface area contributed by atoms with Crippen molar-refractivity contribution in [1.82, 2.24) is 10.2 Å². The van der Waals surface area contributed by atoms with E-state index in [9.17, 15) is 9.59 Å². The number of hydrogen-bond acceptors (Lipinski definition) is 3. The number of rotatable bonds is 7. The molecule has 1 aromatic rings. The van der Waals surface area contributed by atoms with E-state index in [1.807, 2.05) is 36.9 Å². The van der Waals surface area contributed by atoms with E-state index in [-0.39, 0.29) is 23.8 Å². The molecule has 0 atom stereocenters. The second-order valence-corrected chi connectivity index (χ2v) is 7.11. The Morgan fingerprint density at radius 2 is 1.96 bits per heavy atom. The number of halogens is 1. The van der Waals surface area contributed by atoms with Gasteiger partial charge in [-0.05, 0) is 31.4 Å². The minimum Gasteiger partial charge on any atom is -0.492 e. The van der Waals surface area contributed by atoms with E-state index in [0.717, 1.165) is 12.8 Å². The van der Waals surface area contributed by atoms with Crippen LogP contribution >= 0.6 is 11.6 Å². The normalized spacial score (nSPS) is 15.3. The zero-order valence-electron chi connectivity index (χ0n) is 15.0. The van der Waals surface area contributed by atoms with Crippen molar-refractivity contribution in [2.24, 2.45) is 5.92 Å². The first-order chi connectivity index (χ1) is 12.0. The Morgan fingerprint density at radius 3 is 2.60 bits per heavy atom. The summed E-state index contributed by atoms with van der Waals surface area (Å²) < 4.78 is 5.61. The van der Waals surface area contributed by atoms with Gasteiger partial charge in [0.15, 0.2) is 0 Å². The van der Waals surface area contributed by atoms with Crippen LogP contribution in [0.25, 0.3) is 0 Å². The molecule has 0 aromatic heterocycles. The SMILES string of the molecule is CC(C)C(=O)NC1CCN(C(=O)CCCOc2ccccc2Cl)CC1. The number of likely N-dealkylation sites (tertiary alicyclic amines) is 1. The summed E-state index contributed by atoms with van der Waals surface area (Å²) in [5.41, 5.74) is 0. The zero-order valence-corrected chi connectivity index (χ0v) is 15.7. The molecule has 0 aliphatic carbocycles. The predicted molar refractivity (Wildman–Crippen MR) is 98.8 cm³/mol. The molecule has 0 unspecified atom stereocenters. The molecule has 1 saturated heterocycles. The average Bonchev–Trinajstić information content (AvgIpc) is 2.60. The molecule has 1 aliphatic rings. The Hall–Kier alpha value is -1.75. The van der Waals surface area contributed by atoms with Crippen LogP contribution in [0.1, 0.15) is 39.5 Å². The molecular formula is C19H27ClN2O3. The summed E-state index contributed by atoms with van der Waals surface area (Å²) in [6, 6.07) is 7.51. The molecule has 5 nitrogen and oxygen atoms in total. The first kappa shape index (κ1) is 19.6. The van der Waals surface area contributed by atoms with Crippen LogP contribution in [0.4, 0.5) is 0 Å². The molecule has 1 heterocycles. The Balaban J connectivity index is 1.64. The van der Waals surface area contributed by atoms with Gasteiger partial charge >= 0.3 is 0 Å². The molecule has 138 valence electrons. The van der Waals surface area contributed by atoms with Crippen molar-refractivity contribution in [2.75, 3.05) is 19.7 Å². The number of carbonyl (C=O) groups excluding carboxylic acids is 2. The maximum atomic E-state index is 12.3. The number of hydrogen-bond donors (Lipinski definition) is 1. The summed E-state index contributed by atoms with van der Waals surface area (Å²) in [7, 11) is 0. The monoisotopic (exact) mass is 366 g/mol. The largest absolute Gasteiger partial charge is 0.492 e. The molecule has 0 bridgehead atoms. The van der Waals surface area contributed by atoms with Gasteiger partial charge in [-0.15, -0.1) is 0 Å². The number of carbonyl (C=O) groups is 2. The summed E-state index contributed by atoms with van der Waals surface area (Å²) in [6.45, 7) is 5.65. The second-order valence-electron chi connectivity index (χ2n) is 6.70. The van der Waals surface area contributed by atoms with E-state index < -0.39 is 0 Å². The van der Waals surface area contributed by atoms with Crippen molar-refractivity contribution in [3.05, 3.63) is 29.3 Å². The summed E-state index contributed by atoms with van der Waals surface area (Å²) >= 11 is 6.03. The van der Waals surface area contributed by atoms with Crippen LogP contribution < -0.4 is 10.1 Å². The molecule has 1 aromatic carbocycles. The van der Waals surface area contributed by atoms with Crippen LogP contribution in [0.15, 0.2) is 24.3 Å². The lowest BCUT2D eigenvalue weighted by Gasteiger charge is -2.32. The smallest absolute Gasteiger partial charge is 0.222 e. The van der Waals surface area contributed by atoms with Crippen LogP contribution in [0.5, 0.6) is 5.75 Å². The first-order valence-corrected chi connectivity index (χ1v) is 9.30. The third-order valence-electron chi connectivity index (χ3n) is 4.35. The van der Waals surface area contributed by atoms with Gasteiger partial charge in [-0.3, -0.25) is 9.59 Å². The van der Waals surface area contributed by atoms with Crippen molar-refractivity contribution in [3.63, 3.8) is 0 Å². The highest BCUT2D eigenvalue weighted by atomic mass is 35.5. The predicted octanol–water partition coefficient (Wildman–Crippen LogP) is 3.26. The number of ether oxygens (including phenoxy) is 1. The van der Waals surface area contributed by atoms with Gasteiger partial charge in [-0.2, -0.15) is 0 Å². The van der Waals surface area contributed by atoms with E-state index in [1.165, 1.54) is 0 Å². The van der Waals surface area contributed by atoms with Gasteiger partial charge in [0.2, 0.25) is 11.8 Å². The molecule has 0 saturated carbocycles. The van der Waals surface area contributed by atoms with E-state index >= 15 is 0 Å². The molecule has 1 fully saturated rings. The maximum Gasteiger partial charge on any atom is 0.222 e. The standard InChI is InChI=1S/C19H27ClN2O3/c1-14(2)19(24)21-15-9-11-22(12-10-15)18(23)8-5-13-25-17-7-4-3-6-16(17)20/h3-4,6-7,14-15H,5,8-13H2,1-2H3,(H,21,24). The molecular weight excluding hydrogens is 340 g/mol. The fraction of sp³-hybridized carbons (Fsp3) is 0.579. The minimum atomic E-state index is -0.00206. The average molecular weight is 367 g/mol. The van der Waals surface area contributed by atoms with Gasteiger partial charge in [0.05, 0.1) is 11.6 Å². The van der Waals surface area contributed by atoms with E-state index in [0.29, 0.717) is 43.3 Å². The Kier molecular flexibility index (Phi) is 7.56. The van der Waals surface area contributed by atoms with Gasteiger partial charge in [0.1, 0.15) is 5.75 Å². The highest BCUT2D eigenvalue weighted by Gasteiger charge is 2.24. The fourth-order valence-corrected chi connectivity index (χ4v) is 2.96. The lowest BCUT2D eigenvalue weighted by molar-refractivity contribution is -0.132. The van der Waals surface area contributed by atoms with Crippen LogP contribution in [-0.4, -0.2) is 42.5 Å². The summed E-state index contributed by atoms with van der Waals surface area (Å²) in [6.07, 6.45) is 2.77. The van der Waals surface area contributed by atoms with Crippen molar-refractivity contribution >= 4 is 23.4 Å². The molecule has 0 radical (unpaired) electrons. The number of amides is 2. The summed E-state index contributed by atoms with van der Waals surface area (Å²) in [4.78, 5) is 25.9. The number of para-hydroxylation sites is 1. The molecule has 2 rings (SSSR count). The van der Waals surface area contributed by atoms with Gasteiger partial charge < -0.3 is 15.0 Å². The van der Waals surface area contributed by atoms with Gasteiger partial charge in [-0.1, -0.05) is 37.6 Å². The van der Waals surface area contributed by atoms with Gasteiger partial charge in [-0.25, -0.2) is 0 Å². The molecule has 6 heteroatoms. The van der Waals surface area contributed by atoms with Gasteiger partial charge in [0.25, 0.3) is 0 Å². The maximum absolute atomic E-state index is 12.3. The fourth-order valence-electron chi connectivity index (χ4n) is 2.77. The zero-order chi connectivity index (χ0) is 18.2. The van der Waals surface area contributed by atoms with Crippen molar-refractivity contribution in [3.8, 4) is 5.75 Å². The second kappa shape index (κ2) is 9.66. The lowest BCUT2D eigenvalue weighted by atomic mass is 10.0. The Morgan fingerprint density at radius 1 is 1.28 bits per heavy atom. The third-order valence-corrected chi connectivity index (χ3v) is 4.66. The number of nitrogens with zero attached hydrogens (tertiary/aromatic N) is 1. The first-order valence-electron chi connectivity index (χ1n) is 8.93. The third kappa shape index (κ3) is 6.24. The highest BCUT2D eigenvalue weighted by molar-refractivity contribution is 6.32. The van der Waals surface area contributed by atoms with Crippen LogP contribution in [-0.2, 0) is 9.59 Å². The minimum absolute atomic E-state index is 0.00206. The van der Waals surface area contributed by atoms with E-state index in [2.05, 4.69) is 5.32 Å². The summed E-state index contributed by atoms with van der Waals surface area (Å²) in [5.74, 6) is 0.883. The topological polar surface area (TPSA) is 58.6 Å². The summed E-state index contributed by atoms with van der Waals surface area (Å²) in [5, 5.41) is 3.63. The number of piperidine rings is 1. The van der Waals surface area contributed by atoms with Crippen LogP contribution in [0.2, 0.25) is 5.02 Å². The number of benzene rings is 1. The molecule has 25 heavy (non-hydrogen) atoms. The Labute approximate surface area is 154 Å². The molecule has 0 spiro atoms. The van der Waals surface area contributed by atoms with E-state index in [1.54, 1.807) is 6.07 Å². The number of nitrogens with one attached hydrogen (secondary N) is 1. The van der Waals surface area contributed by atoms with Crippen molar-refractivity contribution in [1.29, 1.82) is 0 Å². The van der Waals surface area contributed by atoms with Crippen LogP contribution in [0, 0.1) is 5.92 Å². The van der Waals surface area contributed by atoms with Crippen LogP contribution in [0.3, 0.4) is 0 Å². The lowest BCUT2D eigenvalue weighted by Crippen LogP contribution is -2.47. The van der Waals surface area contributed by atoms with Crippen molar-refractivity contribution < 1.29 is 14.3 Å². The highest BCUT2D eigenvalue weighted by Crippen LogP contribution is 2.23. The molecule has 2 amide bonds. The van der Waals surface area contributed by atoms with E-state index in [4.69, 9.17) is 16.3 Å². The van der Waals surface area contributed by atoms with Crippen molar-refractivity contribution in [2.45, 2.75) is 45.6 Å². The Bertz CT molecular complexity index is 584. The molecule has 1 aliphatic heterocycles. The van der Waals surface area contributed by atoms with Gasteiger partial charge in [0, 0.05) is 31.5 Å². The molecule has 1 N–H and O–H groups in total.